The monoisotopic (exact) mass is 574 g/mol. The number of hydrogen-bond donors (Lipinski definition) is 4. The Morgan fingerprint density at radius 1 is 0.884 bits per heavy atom. The molecular formula is C36H38N4O3. The Hall–Kier alpha value is -4.43. The van der Waals surface area contributed by atoms with Crippen LogP contribution in [0.25, 0.3) is 10.9 Å². The molecule has 1 amide bonds. The second kappa shape index (κ2) is 13.7. The molecule has 0 spiro atoms. The number of ether oxygens (including phenoxy) is 2. The van der Waals surface area contributed by atoms with E-state index in [1.54, 1.807) is 0 Å². The Bertz CT molecular complexity index is 1580. The molecule has 1 aromatic heterocycles. The molecule has 1 aliphatic rings. The molecule has 1 saturated heterocycles. The van der Waals surface area contributed by atoms with Gasteiger partial charge in [-0.3, -0.25) is 4.79 Å². The summed E-state index contributed by atoms with van der Waals surface area (Å²) >= 11 is 0. The average Bonchev–Trinajstić information content (AvgIpc) is 3.53. The van der Waals surface area contributed by atoms with Crippen molar-refractivity contribution < 1.29 is 14.3 Å². The summed E-state index contributed by atoms with van der Waals surface area (Å²) < 4.78 is 12.4. The SMILES string of the molecule is N[C@H](C(=O)Nc1ccccc1CC[C@@H]1CNC[C@@H](COc2ccc3cc[nH]c3c2)O1)C(c1ccccc1)c1ccccc1. The van der Waals surface area contributed by atoms with E-state index in [9.17, 15) is 4.79 Å². The molecule has 220 valence electrons. The lowest BCUT2D eigenvalue weighted by Crippen LogP contribution is -2.47. The van der Waals surface area contributed by atoms with Gasteiger partial charge in [0.2, 0.25) is 5.91 Å². The van der Waals surface area contributed by atoms with Gasteiger partial charge in [-0.05, 0) is 59.2 Å². The standard InChI is InChI=1S/C36H38N4O3/c37-35(34(27-10-3-1-4-11-27)28-12-5-2-6-13-28)36(41)40-32-14-8-7-9-25(32)16-18-30-22-38-23-31(43-30)24-42-29-17-15-26-19-20-39-33(26)21-29/h1-15,17,19-21,30-31,34-35,38-39H,16,18,22-24,37H2,(H,40,41)/t30-,31+,35+/m1/s1. The normalized spacial score (nSPS) is 17.5. The van der Waals surface area contributed by atoms with Crippen LogP contribution in [0.15, 0.2) is 115 Å². The maximum Gasteiger partial charge on any atom is 0.242 e. The fourth-order valence-electron chi connectivity index (χ4n) is 5.82. The molecular weight excluding hydrogens is 536 g/mol. The number of nitrogens with one attached hydrogen (secondary N) is 3. The van der Waals surface area contributed by atoms with E-state index >= 15 is 0 Å². The predicted molar refractivity (Wildman–Crippen MR) is 171 cm³/mol. The van der Waals surface area contributed by atoms with Crippen LogP contribution in [0.1, 0.15) is 29.0 Å². The lowest BCUT2D eigenvalue weighted by atomic mass is 9.85. The highest BCUT2D eigenvalue weighted by atomic mass is 16.5. The topological polar surface area (TPSA) is 101 Å². The fourth-order valence-corrected chi connectivity index (χ4v) is 5.82. The summed E-state index contributed by atoms with van der Waals surface area (Å²) in [6.07, 6.45) is 3.50. The maximum atomic E-state index is 13.6. The molecule has 1 fully saturated rings. The molecule has 2 heterocycles. The minimum atomic E-state index is -0.762. The molecule has 0 unspecified atom stereocenters. The van der Waals surface area contributed by atoms with Crippen molar-refractivity contribution in [1.29, 1.82) is 0 Å². The molecule has 7 nitrogen and oxygen atoms in total. The summed E-state index contributed by atoms with van der Waals surface area (Å²) in [5.74, 6) is 0.348. The number of aromatic amines is 1. The van der Waals surface area contributed by atoms with Crippen LogP contribution in [-0.4, -0.2) is 48.8 Å². The summed E-state index contributed by atoms with van der Waals surface area (Å²) in [5, 5.41) is 7.78. The first-order chi connectivity index (χ1) is 21.1. The van der Waals surface area contributed by atoms with Crippen LogP contribution in [0.5, 0.6) is 5.75 Å². The smallest absolute Gasteiger partial charge is 0.242 e. The van der Waals surface area contributed by atoms with Crippen molar-refractivity contribution in [2.45, 2.75) is 37.0 Å². The Balaban J connectivity index is 1.06. The first kappa shape index (κ1) is 28.7. The number of carbonyl (C=O) groups is 1. The third kappa shape index (κ3) is 7.14. The van der Waals surface area contributed by atoms with E-state index < -0.39 is 6.04 Å². The highest BCUT2D eigenvalue weighted by molar-refractivity contribution is 5.96. The molecule has 3 atom stereocenters. The van der Waals surface area contributed by atoms with Gasteiger partial charge in [-0.1, -0.05) is 78.9 Å². The van der Waals surface area contributed by atoms with Gasteiger partial charge in [0.1, 0.15) is 18.5 Å². The minimum absolute atomic E-state index is 0.0415. The lowest BCUT2D eigenvalue weighted by Gasteiger charge is -2.31. The molecule has 7 heteroatoms. The first-order valence-corrected chi connectivity index (χ1v) is 14.9. The molecule has 43 heavy (non-hydrogen) atoms. The molecule has 0 bridgehead atoms. The van der Waals surface area contributed by atoms with Crippen molar-refractivity contribution in [3.8, 4) is 5.75 Å². The number of hydrogen-bond acceptors (Lipinski definition) is 5. The number of morpholine rings is 1. The van der Waals surface area contributed by atoms with E-state index in [2.05, 4.69) is 27.8 Å². The summed E-state index contributed by atoms with van der Waals surface area (Å²) in [6, 6.07) is 35.2. The molecule has 0 radical (unpaired) electrons. The van der Waals surface area contributed by atoms with Gasteiger partial charge in [0.15, 0.2) is 0 Å². The molecule has 1 aliphatic heterocycles. The van der Waals surface area contributed by atoms with Crippen LogP contribution in [-0.2, 0) is 16.0 Å². The van der Waals surface area contributed by atoms with Crippen LogP contribution in [0.4, 0.5) is 5.69 Å². The van der Waals surface area contributed by atoms with Gasteiger partial charge in [0.05, 0.1) is 12.1 Å². The van der Waals surface area contributed by atoms with E-state index in [0.29, 0.717) is 6.61 Å². The summed E-state index contributed by atoms with van der Waals surface area (Å²) in [7, 11) is 0. The van der Waals surface area contributed by atoms with E-state index in [4.69, 9.17) is 15.2 Å². The van der Waals surface area contributed by atoms with Crippen molar-refractivity contribution in [1.82, 2.24) is 10.3 Å². The number of carbonyl (C=O) groups excluding carboxylic acids is 1. The largest absolute Gasteiger partial charge is 0.491 e. The lowest BCUT2D eigenvalue weighted by molar-refractivity contribution is -0.117. The van der Waals surface area contributed by atoms with Crippen LogP contribution < -0.4 is 21.1 Å². The summed E-state index contributed by atoms with van der Waals surface area (Å²) in [5.41, 5.74) is 11.6. The van der Waals surface area contributed by atoms with Crippen molar-refractivity contribution in [2.75, 3.05) is 25.0 Å². The molecule has 4 aromatic carbocycles. The maximum absolute atomic E-state index is 13.6. The Labute approximate surface area is 252 Å². The number of fused-ring (bicyclic) bond motifs is 1. The van der Waals surface area contributed by atoms with E-state index in [0.717, 1.165) is 65.0 Å². The minimum Gasteiger partial charge on any atom is -0.491 e. The van der Waals surface area contributed by atoms with Gasteiger partial charge in [-0.2, -0.15) is 0 Å². The van der Waals surface area contributed by atoms with Crippen molar-refractivity contribution in [3.63, 3.8) is 0 Å². The van der Waals surface area contributed by atoms with Gasteiger partial charge in [0.25, 0.3) is 0 Å². The molecule has 5 aromatic rings. The summed E-state index contributed by atoms with van der Waals surface area (Å²) in [4.78, 5) is 16.8. The highest BCUT2D eigenvalue weighted by Gasteiger charge is 2.28. The van der Waals surface area contributed by atoms with Crippen molar-refractivity contribution >= 4 is 22.5 Å². The number of anilines is 1. The Kier molecular flexibility index (Phi) is 9.13. The summed E-state index contributed by atoms with van der Waals surface area (Å²) in [6.45, 7) is 2.00. The van der Waals surface area contributed by atoms with E-state index in [1.807, 2.05) is 103 Å². The number of amides is 1. The molecule has 6 rings (SSSR count). The predicted octanol–water partition coefficient (Wildman–Crippen LogP) is 5.63. The van der Waals surface area contributed by atoms with Gasteiger partial charge in [0, 0.05) is 42.5 Å². The number of aryl methyl sites for hydroxylation is 1. The fraction of sp³-hybridized carbons (Fsp3) is 0.250. The number of aromatic nitrogens is 1. The van der Waals surface area contributed by atoms with Crippen LogP contribution >= 0.6 is 0 Å². The van der Waals surface area contributed by atoms with Gasteiger partial charge < -0.3 is 30.8 Å². The van der Waals surface area contributed by atoms with Crippen LogP contribution in [0.3, 0.4) is 0 Å². The Morgan fingerprint density at radius 3 is 2.35 bits per heavy atom. The van der Waals surface area contributed by atoms with E-state index in [1.165, 1.54) is 0 Å². The number of nitrogens with two attached hydrogens (primary N) is 1. The highest BCUT2D eigenvalue weighted by Crippen LogP contribution is 2.29. The zero-order valence-corrected chi connectivity index (χ0v) is 24.1. The van der Waals surface area contributed by atoms with Crippen molar-refractivity contribution in [2.24, 2.45) is 5.73 Å². The zero-order valence-electron chi connectivity index (χ0n) is 24.1. The third-order valence-electron chi connectivity index (χ3n) is 8.08. The number of rotatable bonds is 11. The van der Waals surface area contributed by atoms with Crippen molar-refractivity contribution in [3.05, 3.63) is 132 Å². The molecule has 0 saturated carbocycles. The van der Waals surface area contributed by atoms with Gasteiger partial charge in [-0.25, -0.2) is 0 Å². The van der Waals surface area contributed by atoms with Gasteiger partial charge in [-0.15, -0.1) is 0 Å². The van der Waals surface area contributed by atoms with Gasteiger partial charge >= 0.3 is 0 Å². The first-order valence-electron chi connectivity index (χ1n) is 14.9. The van der Waals surface area contributed by atoms with Crippen LogP contribution in [0.2, 0.25) is 0 Å². The number of benzene rings is 4. The zero-order chi connectivity index (χ0) is 29.4. The average molecular weight is 575 g/mol. The van der Waals surface area contributed by atoms with Crippen LogP contribution in [0, 0.1) is 0 Å². The molecule has 0 aliphatic carbocycles. The number of para-hydroxylation sites is 1. The third-order valence-corrected chi connectivity index (χ3v) is 8.08. The molecule has 5 N–H and O–H groups in total. The second-order valence-corrected chi connectivity index (χ2v) is 11.1. The second-order valence-electron chi connectivity index (χ2n) is 11.1. The number of H-pyrrole nitrogens is 1. The van der Waals surface area contributed by atoms with E-state index in [-0.39, 0.29) is 24.0 Å². The quantitative estimate of drug-likeness (QED) is 0.164. The Morgan fingerprint density at radius 2 is 1.58 bits per heavy atom.